The zero-order valence-electron chi connectivity index (χ0n) is 40.6. The van der Waals surface area contributed by atoms with Gasteiger partial charge in [-0.15, -0.1) is 0 Å². The van der Waals surface area contributed by atoms with Crippen molar-refractivity contribution in [1.82, 2.24) is 8.80 Å². The smallest absolute Gasteiger partial charge is 0.0645 e. The summed E-state index contributed by atoms with van der Waals surface area (Å²) in [6.07, 6.45) is 0. The van der Waals surface area contributed by atoms with E-state index in [9.17, 15) is 0 Å². The molecule has 270 valence electrons. The van der Waals surface area contributed by atoms with E-state index in [2.05, 4.69) is 69.5 Å². The van der Waals surface area contributed by atoms with Gasteiger partial charge in [0.25, 0.3) is 0 Å². The van der Waals surface area contributed by atoms with Gasteiger partial charge in [-0.1, -0.05) is 109 Å². The standard InChI is InChI=1S/C54H34N4/c1-5-15-35(16-6-1)55(36-17-7-2-8-18-36)39-27-29-49-45(31-39)41-23-13-25-43-47-34-52-48(33-51(47)57(49)53(41)43)44-26-14-24-42-46-32-40(28-30-50(46)58(52)54(42)44)56(37-19-9-3-10-20-37)38-21-11-4-12-22-38/h1-34H/i1D,3D,5D,6D,9D,10D,15D,16D,19D,20D. The number of para-hydroxylation sites is 6. The summed E-state index contributed by atoms with van der Waals surface area (Å²) >= 11 is 0. The van der Waals surface area contributed by atoms with Crippen LogP contribution in [0.5, 0.6) is 0 Å². The van der Waals surface area contributed by atoms with Crippen LogP contribution >= 0.6 is 0 Å². The third-order valence-corrected chi connectivity index (χ3v) is 11.7. The van der Waals surface area contributed by atoms with Gasteiger partial charge in [0.1, 0.15) is 0 Å². The quantitative estimate of drug-likeness (QED) is 0.168. The van der Waals surface area contributed by atoms with Gasteiger partial charge in [0.2, 0.25) is 0 Å². The molecule has 0 unspecified atom stereocenters. The van der Waals surface area contributed by atoms with Gasteiger partial charge in [0, 0.05) is 77.2 Å². The fourth-order valence-electron chi connectivity index (χ4n) is 9.38. The lowest BCUT2D eigenvalue weighted by Crippen LogP contribution is -2.09. The fourth-order valence-corrected chi connectivity index (χ4v) is 9.38. The van der Waals surface area contributed by atoms with E-state index < -0.39 is 36.3 Å². The largest absolute Gasteiger partial charge is 0.310 e. The summed E-state index contributed by atoms with van der Waals surface area (Å²) in [7, 11) is 0. The zero-order valence-corrected chi connectivity index (χ0v) is 30.6. The van der Waals surface area contributed by atoms with Gasteiger partial charge in [-0.25, -0.2) is 0 Å². The number of nitrogens with zero attached hydrogens (tertiary/aromatic N) is 4. The molecule has 4 heteroatoms. The molecule has 0 aliphatic heterocycles. The molecule has 0 fully saturated rings. The minimum Gasteiger partial charge on any atom is -0.310 e. The Balaban J connectivity index is 1.03. The van der Waals surface area contributed by atoms with Crippen LogP contribution in [0.1, 0.15) is 13.7 Å². The number of aromatic nitrogens is 2. The van der Waals surface area contributed by atoms with E-state index in [-0.39, 0.29) is 35.5 Å². The second-order valence-corrected chi connectivity index (χ2v) is 14.7. The van der Waals surface area contributed by atoms with E-state index in [1.54, 1.807) is 9.80 Å². The first-order valence-electron chi connectivity index (χ1n) is 24.1. The highest BCUT2D eigenvalue weighted by atomic mass is 15.1. The van der Waals surface area contributed by atoms with Gasteiger partial charge >= 0.3 is 0 Å². The molecule has 0 bridgehead atoms. The molecular formula is C54H34N4. The van der Waals surface area contributed by atoms with E-state index in [0.717, 1.165) is 76.2 Å². The molecule has 13 aromatic rings. The van der Waals surface area contributed by atoms with Crippen molar-refractivity contribution >= 4 is 110 Å². The van der Waals surface area contributed by atoms with Crippen LogP contribution in [0.2, 0.25) is 0 Å². The van der Waals surface area contributed by atoms with Gasteiger partial charge in [0.05, 0.1) is 46.8 Å². The van der Waals surface area contributed by atoms with Crippen LogP contribution in [0.3, 0.4) is 0 Å². The number of benzene rings is 9. The van der Waals surface area contributed by atoms with Crippen LogP contribution < -0.4 is 9.80 Å². The summed E-state index contributed by atoms with van der Waals surface area (Å²) in [6, 6.07) is 44.4. The molecule has 0 aliphatic carbocycles. The first-order chi connectivity index (χ1) is 32.9. The summed E-state index contributed by atoms with van der Waals surface area (Å²) in [4.78, 5) is 3.49. The topological polar surface area (TPSA) is 15.3 Å². The van der Waals surface area contributed by atoms with Crippen molar-refractivity contribution in [3.63, 3.8) is 0 Å². The number of fused-ring (bicyclic) bond motifs is 12. The summed E-state index contributed by atoms with van der Waals surface area (Å²) in [6.45, 7) is 0. The minimum absolute atomic E-state index is 0.0726. The van der Waals surface area contributed by atoms with Crippen LogP contribution in [0.25, 0.3) is 76.2 Å². The highest BCUT2D eigenvalue weighted by Gasteiger charge is 2.24. The normalized spacial score (nSPS) is 14.6. The van der Waals surface area contributed by atoms with Gasteiger partial charge in [-0.3, -0.25) is 0 Å². The van der Waals surface area contributed by atoms with E-state index in [4.69, 9.17) is 13.7 Å². The second-order valence-electron chi connectivity index (χ2n) is 14.7. The third kappa shape index (κ3) is 4.29. The van der Waals surface area contributed by atoms with Crippen LogP contribution in [0.4, 0.5) is 34.1 Å². The second kappa shape index (κ2) is 11.8. The lowest BCUT2D eigenvalue weighted by atomic mass is 10.0. The van der Waals surface area contributed by atoms with Crippen molar-refractivity contribution in [2.75, 3.05) is 9.80 Å². The summed E-state index contributed by atoms with van der Waals surface area (Å²) < 4.78 is 90.9. The summed E-state index contributed by atoms with van der Waals surface area (Å²) in [5, 5.41) is 8.28. The monoisotopic (exact) mass is 748 g/mol. The predicted octanol–water partition coefficient (Wildman–Crippen LogP) is 14.9. The average Bonchev–Trinajstić information content (AvgIpc) is 4.09. The lowest BCUT2D eigenvalue weighted by Gasteiger charge is -2.25. The molecule has 9 aromatic carbocycles. The maximum absolute atomic E-state index is 8.94. The van der Waals surface area contributed by atoms with E-state index >= 15 is 0 Å². The molecule has 4 heterocycles. The minimum atomic E-state index is -0.443. The van der Waals surface area contributed by atoms with Crippen molar-refractivity contribution in [2.24, 2.45) is 0 Å². The molecule has 0 spiro atoms. The van der Waals surface area contributed by atoms with E-state index in [1.165, 1.54) is 0 Å². The van der Waals surface area contributed by atoms with E-state index in [1.807, 2.05) is 84.9 Å². The maximum Gasteiger partial charge on any atom is 0.0645 e. The first-order valence-corrected chi connectivity index (χ1v) is 19.1. The Hall–Kier alpha value is -7.82. The van der Waals surface area contributed by atoms with Gasteiger partial charge in [-0.05, 0) is 97.0 Å². The predicted molar refractivity (Wildman–Crippen MR) is 245 cm³/mol. The Morgan fingerprint density at radius 3 is 1.07 bits per heavy atom. The lowest BCUT2D eigenvalue weighted by molar-refractivity contribution is 1.28. The molecule has 0 saturated carbocycles. The summed E-state index contributed by atoms with van der Waals surface area (Å²) in [5.41, 5.74) is 8.91. The van der Waals surface area contributed by atoms with Crippen molar-refractivity contribution in [3.05, 3.63) is 206 Å². The number of anilines is 6. The molecule has 58 heavy (non-hydrogen) atoms. The van der Waals surface area contributed by atoms with Gasteiger partial charge in [0.15, 0.2) is 0 Å². The molecule has 0 aliphatic rings. The Labute approximate surface area is 348 Å². The van der Waals surface area contributed by atoms with Gasteiger partial charge in [-0.2, -0.15) is 0 Å². The summed E-state index contributed by atoms with van der Waals surface area (Å²) in [5.74, 6) is 0. The SMILES string of the molecule is [2H]c1c([2H])c([2H])c(N(c2ccccc2)c2ccc3c(c2)c2cccc4c5cc6c(cc5n3c24)c2cccc3c4cc(N(c5ccccc5)c5c([2H])c([2H])c([2H])c([2H])c5[2H])ccc4n6c32)c([2H])c1[2H]. The maximum atomic E-state index is 8.94. The van der Waals surface area contributed by atoms with E-state index in [0.29, 0.717) is 22.7 Å². The molecule has 0 amide bonds. The molecule has 13 rings (SSSR count). The van der Waals surface area contributed by atoms with Crippen LogP contribution in [-0.2, 0) is 0 Å². The van der Waals surface area contributed by atoms with Crippen LogP contribution in [-0.4, -0.2) is 8.80 Å². The Bertz CT molecular complexity index is 3950. The highest BCUT2D eigenvalue weighted by molar-refractivity contribution is 6.29. The van der Waals surface area contributed by atoms with Crippen molar-refractivity contribution in [2.45, 2.75) is 0 Å². The first kappa shape index (κ1) is 23.3. The fraction of sp³-hybridized carbons (Fsp3) is 0. The van der Waals surface area contributed by atoms with Crippen molar-refractivity contribution < 1.29 is 13.7 Å². The molecular weight excluding hydrogens is 705 g/mol. The van der Waals surface area contributed by atoms with Crippen molar-refractivity contribution in [1.29, 1.82) is 0 Å². The molecule has 0 saturated heterocycles. The highest BCUT2D eigenvalue weighted by Crippen LogP contribution is 2.47. The van der Waals surface area contributed by atoms with Crippen LogP contribution in [0.15, 0.2) is 206 Å². The van der Waals surface area contributed by atoms with Crippen LogP contribution in [0, 0.1) is 0 Å². The Morgan fingerprint density at radius 2 is 0.672 bits per heavy atom. The number of hydrogen-bond acceptors (Lipinski definition) is 2. The Kier molecular flexibility index (Phi) is 4.76. The Morgan fingerprint density at radius 1 is 0.293 bits per heavy atom. The molecule has 0 N–H and O–H groups in total. The number of hydrogen-bond donors (Lipinski definition) is 0. The number of rotatable bonds is 6. The molecule has 0 radical (unpaired) electrons. The molecule has 0 atom stereocenters. The van der Waals surface area contributed by atoms with Crippen molar-refractivity contribution in [3.8, 4) is 0 Å². The average molecular weight is 749 g/mol. The molecule has 4 aromatic heterocycles. The van der Waals surface area contributed by atoms with Gasteiger partial charge < -0.3 is 18.6 Å². The molecule has 4 nitrogen and oxygen atoms in total. The third-order valence-electron chi connectivity index (χ3n) is 11.7. The zero-order chi connectivity index (χ0) is 46.6.